The first-order chi connectivity index (χ1) is 13.4. The summed E-state index contributed by atoms with van der Waals surface area (Å²) in [5.41, 5.74) is 2.87. The number of fused-ring (bicyclic) bond motifs is 1. The lowest BCUT2D eigenvalue weighted by Crippen LogP contribution is -2.20. The lowest BCUT2D eigenvalue weighted by molar-refractivity contribution is -0.118. The summed E-state index contributed by atoms with van der Waals surface area (Å²) < 4.78 is 11.0. The van der Waals surface area contributed by atoms with Crippen molar-refractivity contribution in [3.8, 4) is 5.75 Å². The van der Waals surface area contributed by atoms with E-state index in [2.05, 4.69) is 29.5 Å². The predicted octanol–water partition coefficient (Wildman–Crippen LogP) is 4.32. The van der Waals surface area contributed by atoms with Gasteiger partial charge in [-0.1, -0.05) is 26.0 Å². The van der Waals surface area contributed by atoms with Crippen LogP contribution in [0.15, 0.2) is 46.9 Å². The molecule has 0 saturated carbocycles. The highest BCUT2D eigenvalue weighted by molar-refractivity contribution is 5.93. The quantitative estimate of drug-likeness (QED) is 0.636. The number of ether oxygens (including phenoxy) is 1. The van der Waals surface area contributed by atoms with E-state index in [4.69, 9.17) is 9.15 Å². The van der Waals surface area contributed by atoms with Crippen LogP contribution in [0.25, 0.3) is 11.1 Å². The highest BCUT2D eigenvalue weighted by atomic mass is 16.5. The Hall–Kier alpha value is -3.35. The molecule has 0 saturated heterocycles. The molecule has 0 aliphatic rings. The lowest BCUT2D eigenvalue weighted by atomic mass is 9.99. The van der Waals surface area contributed by atoms with Crippen molar-refractivity contribution in [1.82, 2.24) is 4.98 Å². The first kappa shape index (κ1) is 19.4. The molecule has 1 atom stereocenters. The zero-order chi connectivity index (χ0) is 20.1. The molecule has 0 aliphatic heterocycles. The number of benzene rings is 2. The lowest BCUT2D eigenvalue weighted by Gasteiger charge is -2.10. The zero-order valence-corrected chi connectivity index (χ0v) is 16.1. The predicted molar refractivity (Wildman–Crippen MR) is 108 cm³/mol. The molecule has 146 valence electrons. The number of carbonyl (C=O) groups excluding carboxylic acids is 2. The van der Waals surface area contributed by atoms with E-state index in [0.717, 1.165) is 6.42 Å². The third-order valence-corrected chi connectivity index (χ3v) is 4.39. The summed E-state index contributed by atoms with van der Waals surface area (Å²) in [5.74, 6) is 0.559. The molecule has 2 amide bonds. The largest absolute Gasteiger partial charge is 0.484 e. The van der Waals surface area contributed by atoms with Gasteiger partial charge in [0.2, 0.25) is 5.91 Å². The second-order valence-corrected chi connectivity index (χ2v) is 6.60. The molecule has 0 fully saturated rings. The van der Waals surface area contributed by atoms with Gasteiger partial charge in [-0.2, -0.15) is 4.98 Å². The van der Waals surface area contributed by atoms with Gasteiger partial charge in [-0.3, -0.25) is 14.9 Å². The summed E-state index contributed by atoms with van der Waals surface area (Å²) in [5, 5.41) is 5.24. The number of nitrogens with zero attached hydrogens (tertiary/aromatic N) is 1. The molecule has 2 N–H and O–H groups in total. The molecule has 0 bridgehead atoms. The number of anilines is 2. The normalized spacial score (nSPS) is 11.8. The number of hydrogen-bond donors (Lipinski definition) is 2. The van der Waals surface area contributed by atoms with Crippen LogP contribution in [0.2, 0.25) is 0 Å². The molecule has 1 heterocycles. The van der Waals surface area contributed by atoms with Crippen LogP contribution in [0.4, 0.5) is 11.7 Å². The van der Waals surface area contributed by atoms with Gasteiger partial charge in [-0.05, 0) is 42.2 Å². The molecule has 0 spiro atoms. The van der Waals surface area contributed by atoms with Gasteiger partial charge in [0.05, 0.1) is 0 Å². The van der Waals surface area contributed by atoms with Gasteiger partial charge in [0.25, 0.3) is 5.91 Å². The van der Waals surface area contributed by atoms with Gasteiger partial charge in [-0.25, -0.2) is 0 Å². The average molecular weight is 381 g/mol. The molecule has 28 heavy (non-hydrogen) atoms. The van der Waals surface area contributed by atoms with Crippen LogP contribution in [-0.2, 0) is 9.59 Å². The number of nitrogens with one attached hydrogen (secondary N) is 2. The van der Waals surface area contributed by atoms with Crippen LogP contribution in [-0.4, -0.2) is 23.4 Å². The van der Waals surface area contributed by atoms with Crippen molar-refractivity contribution in [2.45, 2.75) is 33.1 Å². The fourth-order valence-corrected chi connectivity index (χ4v) is 2.69. The van der Waals surface area contributed by atoms with E-state index < -0.39 is 0 Å². The minimum Gasteiger partial charge on any atom is -0.484 e. The Bertz CT molecular complexity index is 979. The zero-order valence-electron chi connectivity index (χ0n) is 16.1. The summed E-state index contributed by atoms with van der Waals surface area (Å²) >= 11 is 0. The molecule has 7 nitrogen and oxygen atoms in total. The molecular weight excluding hydrogens is 358 g/mol. The number of amides is 2. The fraction of sp³-hybridized carbons (Fsp3) is 0.286. The first-order valence-corrected chi connectivity index (χ1v) is 9.15. The number of rotatable bonds is 7. The van der Waals surface area contributed by atoms with Crippen LogP contribution in [0.5, 0.6) is 5.75 Å². The molecule has 3 rings (SSSR count). The molecule has 2 aromatic carbocycles. The first-order valence-electron chi connectivity index (χ1n) is 9.15. The molecule has 0 unspecified atom stereocenters. The second-order valence-electron chi connectivity index (χ2n) is 6.60. The molecule has 0 radical (unpaired) electrons. The Morgan fingerprint density at radius 3 is 2.57 bits per heavy atom. The van der Waals surface area contributed by atoms with E-state index in [1.807, 2.05) is 24.3 Å². The van der Waals surface area contributed by atoms with Crippen LogP contribution >= 0.6 is 0 Å². The van der Waals surface area contributed by atoms with E-state index >= 15 is 0 Å². The third-order valence-electron chi connectivity index (χ3n) is 4.39. The van der Waals surface area contributed by atoms with Crippen molar-refractivity contribution >= 4 is 34.6 Å². The van der Waals surface area contributed by atoms with Gasteiger partial charge in [0.15, 0.2) is 12.2 Å². The van der Waals surface area contributed by atoms with Gasteiger partial charge >= 0.3 is 6.01 Å². The Labute approximate surface area is 163 Å². The summed E-state index contributed by atoms with van der Waals surface area (Å²) in [6.07, 6.45) is 1.07. The van der Waals surface area contributed by atoms with Crippen molar-refractivity contribution in [3.05, 3.63) is 48.0 Å². The molecule has 7 heteroatoms. The number of oxazole rings is 1. The highest BCUT2D eigenvalue weighted by Crippen LogP contribution is 2.23. The van der Waals surface area contributed by atoms with Gasteiger partial charge in [0, 0.05) is 18.7 Å². The molecule has 0 aliphatic carbocycles. The maximum atomic E-state index is 12.1. The third kappa shape index (κ3) is 4.88. The molecule has 3 aromatic rings. The van der Waals surface area contributed by atoms with Gasteiger partial charge in [0.1, 0.15) is 11.3 Å². The maximum absolute atomic E-state index is 12.1. The van der Waals surface area contributed by atoms with E-state index in [1.54, 1.807) is 18.2 Å². The topological polar surface area (TPSA) is 93.5 Å². The van der Waals surface area contributed by atoms with Crippen molar-refractivity contribution in [2.75, 3.05) is 17.2 Å². The smallest absolute Gasteiger partial charge is 0.302 e. The van der Waals surface area contributed by atoms with Gasteiger partial charge in [-0.15, -0.1) is 0 Å². The summed E-state index contributed by atoms with van der Waals surface area (Å²) in [6, 6.07) is 12.9. The SMILES string of the molecule is CC[C@H](C)c1ccc(OCC(=O)Nc2nc3ccc(NC(C)=O)cc3o2)cc1. The van der Waals surface area contributed by atoms with Crippen LogP contribution in [0, 0.1) is 0 Å². The Morgan fingerprint density at radius 1 is 1.14 bits per heavy atom. The standard InChI is InChI=1S/C21H23N3O4/c1-4-13(2)15-5-8-17(9-6-15)27-12-20(26)24-21-23-18-10-7-16(22-14(3)25)11-19(18)28-21/h5-11,13H,4,12H2,1-3H3,(H,22,25)(H,23,24,26)/t13-/m0/s1. The number of aromatic nitrogens is 1. The maximum Gasteiger partial charge on any atom is 0.302 e. The number of hydrogen-bond acceptors (Lipinski definition) is 5. The highest BCUT2D eigenvalue weighted by Gasteiger charge is 2.11. The number of carbonyl (C=O) groups is 2. The monoisotopic (exact) mass is 381 g/mol. The van der Waals surface area contributed by atoms with Crippen LogP contribution in [0.3, 0.4) is 0 Å². The van der Waals surface area contributed by atoms with E-state index in [0.29, 0.717) is 28.5 Å². The van der Waals surface area contributed by atoms with Crippen molar-refractivity contribution < 1.29 is 18.7 Å². The minimum atomic E-state index is -0.375. The Morgan fingerprint density at radius 2 is 1.89 bits per heavy atom. The van der Waals surface area contributed by atoms with E-state index in [1.165, 1.54) is 12.5 Å². The summed E-state index contributed by atoms with van der Waals surface area (Å²) in [4.78, 5) is 27.4. The second kappa shape index (κ2) is 8.56. The van der Waals surface area contributed by atoms with E-state index in [9.17, 15) is 9.59 Å². The van der Waals surface area contributed by atoms with E-state index in [-0.39, 0.29) is 24.4 Å². The Kier molecular flexibility index (Phi) is 5.93. The van der Waals surface area contributed by atoms with Crippen molar-refractivity contribution in [3.63, 3.8) is 0 Å². The summed E-state index contributed by atoms with van der Waals surface area (Å²) in [7, 11) is 0. The minimum absolute atomic E-state index is 0.0793. The van der Waals surface area contributed by atoms with Crippen molar-refractivity contribution in [2.24, 2.45) is 0 Å². The van der Waals surface area contributed by atoms with Crippen molar-refractivity contribution in [1.29, 1.82) is 0 Å². The average Bonchev–Trinajstić information content (AvgIpc) is 3.07. The summed E-state index contributed by atoms with van der Waals surface area (Å²) in [6.45, 7) is 5.58. The molecule has 1 aromatic heterocycles. The Balaban J connectivity index is 1.57. The molecular formula is C21H23N3O4. The van der Waals surface area contributed by atoms with Crippen LogP contribution < -0.4 is 15.4 Å². The van der Waals surface area contributed by atoms with Gasteiger partial charge < -0.3 is 14.5 Å². The van der Waals surface area contributed by atoms with Crippen LogP contribution in [0.1, 0.15) is 38.7 Å². The fourth-order valence-electron chi connectivity index (χ4n) is 2.69.